The van der Waals surface area contributed by atoms with Crippen molar-refractivity contribution in [3.05, 3.63) is 72.0 Å². The SMILES string of the molecule is C[C@@H](NC(=O)c1cc2ccccc2o1)c1ccccc1. The highest BCUT2D eigenvalue weighted by Crippen LogP contribution is 2.19. The van der Waals surface area contributed by atoms with Gasteiger partial charge in [-0.3, -0.25) is 4.79 Å². The van der Waals surface area contributed by atoms with E-state index in [0.29, 0.717) is 5.76 Å². The van der Waals surface area contributed by atoms with E-state index in [1.54, 1.807) is 6.07 Å². The smallest absolute Gasteiger partial charge is 0.287 e. The first-order chi connectivity index (χ1) is 9.74. The van der Waals surface area contributed by atoms with E-state index >= 15 is 0 Å². The number of rotatable bonds is 3. The summed E-state index contributed by atoms with van der Waals surface area (Å²) in [5.74, 6) is 0.145. The van der Waals surface area contributed by atoms with Crippen LogP contribution in [-0.2, 0) is 0 Å². The molecule has 1 amide bonds. The van der Waals surface area contributed by atoms with Crippen LogP contribution in [-0.4, -0.2) is 5.91 Å². The molecule has 0 saturated heterocycles. The van der Waals surface area contributed by atoms with E-state index in [-0.39, 0.29) is 11.9 Å². The van der Waals surface area contributed by atoms with Gasteiger partial charge < -0.3 is 9.73 Å². The zero-order valence-electron chi connectivity index (χ0n) is 11.2. The molecule has 0 saturated carbocycles. The van der Waals surface area contributed by atoms with Crippen LogP contribution in [0.5, 0.6) is 0 Å². The predicted octanol–water partition coefficient (Wildman–Crippen LogP) is 3.92. The van der Waals surface area contributed by atoms with Crippen LogP contribution in [0.15, 0.2) is 65.1 Å². The average Bonchev–Trinajstić information content (AvgIpc) is 2.92. The van der Waals surface area contributed by atoms with Gasteiger partial charge in [0.25, 0.3) is 5.91 Å². The Morgan fingerprint density at radius 2 is 1.75 bits per heavy atom. The summed E-state index contributed by atoms with van der Waals surface area (Å²) in [5, 5.41) is 3.88. The Kier molecular flexibility index (Phi) is 3.25. The highest BCUT2D eigenvalue weighted by Gasteiger charge is 2.15. The van der Waals surface area contributed by atoms with Crippen molar-refractivity contribution < 1.29 is 9.21 Å². The maximum Gasteiger partial charge on any atom is 0.287 e. The first kappa shape index (κ1) is 12.5. The summed E-state index contributed by atoms with van der Waals surface area (Å²) in [6.45, 7) is 1.95. The number of hydrogen-bond donors (Lipinski definition) is 1. The number of carbonyl (C=O) groups is 1. The third kappa shape index (κ3) is 2.43. The molecule has 2 aromatic carbocycles. The Bertz CT molecular complexity index is 698. The summed E-state index contributed by atoms with van der Waals surface area (Å²) in [5.41, 5.74) is 1.79. The molecule has 0 bridgehead atoms. The van der Waals surface area contributed by atoms with E-state index < -0.39 is 0 Å². The molecule has 0 unspecified atom stereocenters. The van der Waals surface area contributed by atoms with E-state index in [0.717, 1.165) is 16.5 Å². The molecule has 0 fully saturated rings. The molecule has 0 aliphatic rings. The Morgan fingerprint density at radius 3 is 2.50 bits per heavy atom. The van der Waals surface area contributed by atoms with Gasteiger partial charge in [0.1, 0.15) is 5.58 Å². The lowest BCUT2D eigenvalue weighted by molar-refractivity contribution is 0.0914. The largest absolute Gasteiger partial charge is 0.451 e. The zero-order chi connectivity index (χ0) is 13.9. The lowest BCUT2D eigenvalue weighted by atomic mass is 10.1. The van der Waals surface area contributed by atoms with Crippen molar-refractivity contribution in [1.82, 2.24) is 5.32 Å². The number of hydrogen-bond acceptors (Lipinski definition) is 2. The molecule has 3 rings (SSSR count). The molecule has 3 heteroatoms. The van der Waals surface area contributed by atoms with Gasteiger partial charge in [0.2, 0.25) is 0 Å². The second-order valence-electron chi connectivity index (χ2n) is 4.75. The molecule has 1 N–H and O–H groups in total. The van der Waals surface area contributed by atoms with E-state index in [9.17, 15) is 4.79 Å². The summed E-state index contributed by atoms with van der Waals surface area (Å²) in [4.78, 5) is 12.2. The molecular weight excluding hydrogens is 250 g/mol. The monoisotopic (exact) mass is 265 g/mol. The zero-order valence-corrected chi connectivity index (χ0v) is 11.2. The summed E-state index contributed by atoms with van der Waals surface area (Å²) in [6, 6.07) is 19.2. The minimum Gasteiger partial charge on any atom is -0.451 e. The molecule has 0 aliphatic heterocycles. The Labute approximate surface area is 117 Å². The van der Waals surface area contributed by atoms with Crippen LogP contribution < -0.4 is 5.32 Å². The van der Waals surface area contributed by atoms with Crippen LogP contribution in [0.1, 0.15) is 29.1 Å². The van der Waals surface area contributed by atoms with Gasteiger partial charge in [-0.25, -0.2) is 0 Å². The summed E-state index contributed by atoms with van der Waals surface area (Å²) >= 11 is 0. The molecule has 0 spiro atoms. The van der Waals surface area contributed by atoms with Crippen molar-refractivity contribution in [2.45, 2.75) is 13.0 Å². The summed E-state index contributed by atoms with van der Waals surface area (Å²) in [7, 11) is 0. The van der Waals surface area contributed by atoms with Crippen LogP contribution in [0.4, 0.5) is 0 Å². The maximum absolute atomic E-state index is 12.2. The Morgan fingerprint density at radius 1 is 1.05 bits per heavy atom. The Hall–Kier alpha value is -2.55. The van der Waals surface area contributed by atoms with Crippen LogP contribution in [0.3, 0.4) is 0 Å². The van der Waals surface area contributed by atoms with E-state index in [2.05, 4.69) is 5.32 Å². The van der Waals surface area contributed by atoms with Gasteiger partial charge in [0.15, 0.2) is 5.76 Å². The lowest BCUT2D eigenvalue weighted by Crippen LogP contribution is -2.26. The van der Waals surface area contributed by atoms with E-state index in [1.807, 2.05) is 61.5 Å². The van der Waals surface area contributed by atoms with E-state index in [4.69, 9.17) is 4.42 Å². The third-order valence-electron chi connectivity index (χ3n) is 3.30. The van der Waals surface area contributed by atoms with Crippen LogP contribution >= 0.6 is 0 Å². The summed E-state index contributed by atoms with van der Waals surface area (Å²) in [6.07, 6.45) is 0. The highest BCUT2D eigenvalue weighted by molar-refractivity contribution is 5.96. The topological polar surface area (TPSA) is 42.2 Å². The molecule has 20 heavy (non-hydrogen) atoms. The Balaban J connectivity index is 1.79. The first-order valence-corrected chi connectivity index (χ1v) is 6.58. The van der Waals surface area contributed by atoms with Crippen molar-refractivity contribution in [1.29, 1.82) is 0 Å². The standard InChI is InChI=1S/C17H15NO2/c1-12(13-7-3-2-4-8-13)18-17(19)16-11-14-9-5-6-10-15(14)20-16/h2-12H,1H3,(H,18,19)/t12-/m1/s1. The number of carbonyl (C=O) groups excluding carboxylic acids is 1. The fraction of sp³-hybridized carbons (Fsp3) is 0.118. The molecule has 100 valence electrons. The van der Waals surface area contributed by atoms with Crippen molar-refractivity contribution in [2.24, 2.45) is 0 Å². The van der Waals surface area contributed by atoms with Crippen LogP contribution in [0.25, 0.3) is 11.0 Å². The second-order valence-corrected chi connectivity index (χ2v) is 4.75. The molecule has 3 nitrogen and oxygen atoms in total. The minimum atomic E-state index is -0.197. The quantitative estimate of drug-likeness (QED) is 0.779. The van der Waals surface area contributed by atoms with Crippen molar-refractivity contribution in [3.63, 3.8) is 0 Å². The van der Waals surface area contributed by atoms with Gasteiger partial charge in [-0.2, -0.15) is 0 Å². The number of nitrogens with one attached hydrogen (secondary N) is 1. The van der Waals surface area contributed by atoms with Crippen molar-refractivity contribution in [3.8, 4) is 0 Å². The van der Waals surface area contributed by atoms with Gasteiger partial charge in [0, 0.05) is 5.39 Å². The number of para-hydroxylation sites is 1. The molecule has 1 aromatic heterocycles. The average molecular weight is 265 g/mol. The van der Waals surface area contributed by atoms with Crippen LogP contribution in [0.2, 0.25) is 0 Å². The van der Waals surface area contributed by atoms with Crippen molar-refractivity contribution in [2.75, 3.05) is 0 Å². The number of fused-ring (bicyclic) bond motifs is 1. The normalized spacial score (nSPS) is 12.2. The highest BCUT2D eigenvalue weighted by atomic mass is 16.3. The van der Waals surface area contributed by atoms with Gasteiger partial charge in [-0.15, -0.1) is 0 Å². The third-order valence-corrected chi connectivity index (χ3v) is 3.30. The van der Waals surface area contributed by atoms with Crippen LogP contribution in [0, 0.1) is 0 Å². The van der Waals surface area contributed by atoms with E-state index in [1.165, 1.54) is 0 Å². The molecule has 1 atom stereocenters. The molecule has 1 heterocycles. The fourth-order valence-electron chi connectivity index (χ4n) is 2.19. The molecule has 0 aliphatic carbocycles. The lowest BCUT2D eigenvalue weighted by Gasteiger charge is -2.12. The molecular formula is C17H15NO2. The fourth-order valence-corrected chi connectivity index (χ4v) is 2.19. The van der Waals surface area contributed by atoms with Gasteiger partial charge in [0.05, 0.1) is 6.04 Å². The number of furan rings is 1. The van der Waals surface area contributed by atoms with Crippen molar-refractivity contribution >= 4 is 16.9 Å². The second kappa shape index (κ2) is 5.21. The summed E-state index contributed by atoms with van der Waals surface area (Å²) < 4.78 is 5.55. The predicted molar refractivity (Wildman–Crippen MR) is 78.5 cm³/mol. The number of benzene rings is 2. The minimum absolute atomic E-state index is 0.0584. The molecule has 3 aromatic rings. The van der Waals surface area contributed by atoms with Gasteiger partial charge in [-0.1, -0.05) is 48.5 Å². The number of amides is 1. The molecule has 0 radical (unpaired) electrons. The van der Waals surface area contributed by atoms with Gasteiger partial charge >= 0.3 is 0 Å². The first-order valence-electron chi connectivity index (χ1n) is 6.58. The maximum atomic E-state index is 12.2. The van der Waals surface area contributed by atoms with Gasteiger partial charge in [-0.05, 0) is 24.6 Å².